The van der Waals surface area contributed by atoms with Gasteiger partial charge >= 0.3 is 0 Å². The number of nitrogens with two attached hydrogens (primary N) is 1. The van der Waals surface area contributed by atoms with E-state index in [1.54, 1.807) is 6.07 Å². The van der Waals surface area contributed by atoms with E-state index in [1.807, 2.05) is 0 Å². The van der Waals surface area contributed by atoms with Gasteiger partial charge in [0.15, 0.2) is 0 Å². The number of ether oxygens (including phenoxy) is 1. The molecule has 2 rings (SSSR count). The largest absolute Gasteiger partial charge is 0.376 e. The molecule has 100 valence electrons. The third kappa shape index (κ3) is 4.12. The first kappa shape index (κ1) is 13.0. The molecule has 0 radical (unpaired) electrons. The molecule has 1 aromatic heterocycles. The van der Waals surface area contributed by atoms with E-state index in [4.69, 9.17) is 10.6 Å². The van der Waals surface area contributed by atoms with E-state index < -0.39 is 0 Å². The minimum Gasteiger partial charge on any atom is -0.376 e. The number of hydrogen-bond acceptors (Lipinski definition) is 6. The lowest BCUT2D eigenvalue weighted by molar-refractivity contribution is 0.0347. The second kappa shape index (κ2) is 7.13. The maximum atomic E-state index is 5.82. The first-order valence-corrected chi connectivity index (χ1v) is 6.52. The molecule has 18 heavy (non-hydrogen) atoms. The molecule has 0 atom stereocenters. The van der Waals surface area contributed by atoms with Crippen LogP contribution < -0.4 is 16.6 Å². The van der Waals surface area contributed by atoms with Crippen molar-refractivity contribution in [3.63, 3.8) is 0 Å². The first-order chi connectivity index (χ1) is 8.88. The number of rotatable bonds is 6. The molecule has 6 heteroatoms. The lowest BCUT2D eigenvalue weighted by Crippen LogP contribution is -2.20. The number of hydrazine groups is 1. The summed E-state index contributed by atoms with van der Waals surface area (Å²) in [6, 6.07) is 1.76. The molecule has 0 saturated heterocycles. The quantitative estimate of drug-likeness (QED) is 0.404. The van der Waals surface area contributed by atoms with Gasteiger partial charge in [0.05, 0.1) is 12.7 Å². The summed E-state index contributed by atoms with van der Waals surface area (Å²) in [5.41, 5.74) is 2.49. The van der Waals surface area contributed by atoms with Crippen molar-refractivity contribution >= 4 is 11.6 Å². The Morgan fingerprint density at radius 3 is 2.78 bits per heavy atom. The fraction of sp³-hybridized carbons (Fsp3) is 0.667. The summed E-state index contributed by atoms with van der Waals surface area (Å²) in [5, 5.41) is 3.19. The summed E-state index contributed by atoms with van der Waals surface area (Å²) in [6.45, 7) is 1.46. The van der Waals surface area contributed by atoms with Crippen molar-refractivity contribution in [2.24, 2.45) is 5.84 Å². The van der Waals surface area contributed by atoms with Crippen LogP contribution in [-0.2, 0) is 4.74 Å². The number of nitrogens with zero attached hydrogens (tertiary/aromatic N) is 2. The Kier molecular flexibility index (Phi) is 5.16. The maximum absolute atomic E-state index is 5.82. The Balaban J connectivity index is 1.65. The predicted octanol–water partition coefficient (Wildman–Crippen LogP) is 1.52. The number of nitrogens with one attached hydrogen (secondary N) is 2. The van der Waals surface area contributed by atoms with Crippen molar-refractivity contribution in [3.05, 3.63) is 12.4 Å². The molecular formula is C12H21N5O. The van der Waals surface area contributed by atoms with Crippen LogP contribution >= 0.6 is 0 Å². The zero-order chi connectivity index (χ0) is 12.6. The molecule has 0 amide bonds. The Morgan fingerprint density at radius 2 is 2.00 bits per heavy atom. The molecule has 0 aliphatic heterocycles. The van der Waals surface area contributed by atoms with Crippen LogP contribution in [0.5, 0.6) is 0 Å². The normalized spacial score (nSPS) is 16.5. The molecule has 1 aromatic rings. The Hall–Kier alpha value is -1.40. The minimum absolute atomic E-state index is 0.451. The van der Waals surface area contributed by atoms with Crippen molar-refractivity contribution in [2.75, 3.05) is 23.9 Å². The Bertz CT molecular complexity index is 354. The molecule has 1 fully saturated rings. The fourth-order valence-electron chi connectivity index (χ4n) is 2.17. The molecule has 1 aliphatic carbocycles. The fourth-order valence-corrected chi connectivity index (χ4v) is 2.17. The third-order valence-electron chi connectivity index (χ3n) is 3.13. The summed E-state index contributed by atoms with van der Waals surface area (Å²) in [5.74, 6) is 6.63. The molecule has 1 aliphatic rings. The summed E-state index contributed by atoms with van der Waals surface area (Å²) in [7, 11) is 0. The van der Waals surface area contributed by atoms with Crippen LogP contribution in [0.25, 0.3) is 0 Å². The zero-order valence-corrected chi connectivity index (χ0v) is 10.6. The highest BCUT2D eigenvalue weighted by atomic mass is 16.5. The van der Waals surface area contributed by atoms with Gasteiger partial charge in [0.2, 0.25) is 0 Å². The van der Waals surface area contributed by atoms with E-state index in [2.05, 4.69) is 20.7 Å². The van der Waals surface area contributed by atoms with Crippen molar-refractivity contribution < 1.29 is 4.74 Å². The summed E-state index contributed by atoms with van der Waals surface area (Å²) in [4.78, 5) is 8.04. The van der Waals surface area contributed by atoms with Crippen LogP contribution in [0.3, 0.4) is 0 Å². The second-order valence-corrected chi connectivity index (χ2v) is 4.49. The number of nitrogen functional groups attached to an aromatic ring is 1. The van der Waals surface area contributed by atoms with Gasteiger partial charge in [-0.25, -0.2) is 15.8 Å². The van der Waals surface area contributed by atoms with Crippen molar-refractivity contribution in [1.82, 2.24) is 9.97 Å². The van der Waals surface area contributed by atoms with Crippen LogP contribution in [-0.4, -0.2) is 29.2 Å². The van der Waals surface area contributed by atoms with Gasteiger partial charge in [0.1, 0.15) is 18.0 Å². The van der Waals surface area contributed by atoms with E-state index in [-0.39, 0.29) is 0 Å². The first-order valence-electron chi connectivity index (χ1n) is 6.52. The average Bonchev–Trinajstić information content (AvgIpc) is 2.45. The molecule has 0 bridgehead atoms. The second-order valence-electron chi connectivity index (χ2n) is 4.49. The topological polar surface area (TPSA) is 85.1 Å². The van der Waals surface area contributed by atoms with Crippen molar-refractivity contribution in [2.45, 2.75) is 38.2 Å². The highest BCUT2D eigenvalue weighted by molar-refractivity contribution is 5.45. The maximum Gasteiger partial charge on any atom is 0.145 e. The van der Waals surface area contributed by atoms with Gasteiger partial charge in [-0.15, -0.1) is 0 Å². The molecule has 0 aromatic carbocycles. The lowest BCUT2D eigenvalue weighted by atomic mass is 9.98. The van der Waals surface area contributed by atoms with E-state index in [9.17, 15) is 0 Å². The standard InChI is InChI=1S/C12H21N5O/c13-17-12-8-11(15-9-16-12)14-6-7-18-10-4-2-1-3-5-10/h8-10H,1-7,13H2,(H2,14,15,16,17). The third-order valence-corrected chi connectivity index (χ3v) is 3.13. The monoisotopic (exact) mass is 251 g/mol. The van der Waals surface area contributed by atoms with Crippen LogP contribution in [0, 0.1) is 0 Å². The summed E-state index contributed by atoms with van der Waals surface area (Å²) in [6.07, 6.45) is 8.29. The van der Waals surface area contributed by atoms with E-state index in [1.165, 1.54) is 38.4 Å². The number of aromatic nitrogens is 2. The van der Waals surface area contributed by atoms with Crippen LogP contribution in [0.1, 0.15) is 32.1 Å². The Morgan fingerprint density at radius 1 is 1.22 bits per heavy atom. The number of anilines is 2. The summed E-state index contributed by atoms with van der Waals surface area (Å²) >= 11 is 0. The van der Waals surface area contributed by atoms with Crippen LogP contribution in [0.15, 0.2) is 12.4 Å². The van der Waals surface area contributed by atoms with Gasteiger partial charge in [0.25, 0.3) is 0 Å². The highest BCUT2D eigenvalue weighted by Gasteiger charge is 2.12. The van der Waals surface area contributed by atoms with Gasteiger partial charge in [0, 0.05) is 12.6 Å². The van der Waals surface area contributed by atoms with Gasteiger partial charge in [-0.05, 0) is 12.8 Å². The van der Waals surface area contributed by atoms with Gasteiger partial charge in [-0.3, -0.25) is 0 Å². The molecular weight excluding hydrogens is 230 g/mol. The van der Waals surface area contributed by atoms with Gasteiger partial charge in [-0.2, -0.15) is 0 Å². The highest BCUT2D eigenvalue weighted by Crippen LogP contribution is 2.19. The van der Waals surface area contributed by atoms with Crippen LogP contribution in [0.4, 0.5) is 11.6 Å². The van der Waals surface area contributed by atoms with E-state index >= 15 is 0 Å². The molecule has 1 heterocycles. The SMILES string of the molecule is NNc1cc(NCCOC2CCCCC2)ncn1. The van der Waals surface area contributed by atoms with Gasteiger partial charge < -0.3 is 15.5 Å². The van der Waals surface area contributed by atoms with Gasteiger partial charge in [-0.1, -0.05) is 19.3 Å². The molecule has 0 unspecified atom stereocenters. The number of hydrogen-bond donors (Lipinski definition) is 3. The van der Waals surface area contributed by atoms with Crippen LogP contribution in [0.2, 0.25) is 0 Å². The summed E-state index contributed by atoms with van der Waals surface area (Å²) < 4.78 is 5.82. The Labute approximate surface area is 107 Å². The van der Waals surface area contributed by atoms with E-state index in [0.717, 1.165) is 12.4 Å². The zero-order valence-electron chi connectivity index (χ0n) is 10.6. The van der Waals surface area contributed by atoms with Crippen molar-refractivity contribution in [1.29, 1.82) is 0 Å². The lowest BCUT2D eigenvalue weighted by Gasteiger charge is -2.22. The molecule has 1 saturated carbocycles. The smallest absolute Gasteiger partial charge is 0.145 e. The minimum atomic E-state index is 0.451. The molecule has 4 N–H and O–H groups in total. The average molecular weight is 251 g/mol. The predicted molar refractivity (Wildman–Crippen MR) is 71.2 cm³/mol. The molecule has 6 nitrogen and oxygen atoms in total. The van der Waals surface area contributed by atoms with Crippen molar-refractivity contribution in [3.8, 4) is 0 Å². The molecule has 0 spiro atoms. The van der Waals surface area contributed by atoms with E-state index in [0.29, 0.717) is 18.5 Å².